The molecule has 1 aliphatic carbocycles. The highest BCUT2D eigenvalue weighted by atomic mass is 32.2. The van der Waals surface area contributed by atoms with Crippen LogP contribution in [-0.2, 0) is 23.5 Å². The molecule has 1 unspecified atom stereocenters. The second kappa shape index (κ2) is 3.61. The summed E-state index contributed by atoms with van der Waals surface area (Å²) in [6, 6.07) is -0.0996. The van der Waals surface area contributed by atoms with Crippen LogP contribution >= 0.6 is 0 Å². The zero-order valence-electron chi connectivity index (χ0n) is 8.90. The zero-order valence-corrected chi connectivity index (χ0v) is 9.71. The molecule has 6 heteroatoms. The minimum Gasteiger partial charge on any atom is -0.272 e. The normalized spacial score (nSPS) is 21.3. The lowest BCUT2D eigenvalue weighted by Crippen LogP contribution is -2.29. The number of sulfonamides is 1. The summed E-state index contributed by atoms with van der Waals surface area (Å²) in [5.41, 5.74) is 2.16. The average Bonchev–Trinajstić information content (AvgIpc) is 2.47. The number of nitrogens with zero attached hydrogens (tertiary/aromatic N) is 2. The van der Waals surface area contributed by atoms with Crippen molar-refractivity contribution < 1.29 is 8.42 Å². The lowest BCUT2D eigenvalue weighted by molar-refractivity contribution is 0.500. The van der Waals surface area contributed by atoms with Crippen LogP contribution in [0, 0.1) is 0 Å². The summed E-state index contributed by atoms with van der Waals surface area (Å²) in [7, 11) is -1.25. The summed E-state index contributed by atoms with van der Waals surface area (Å²) in [6.07, 6.45) is 5.79. The number of hydrogen-bond acceptors (Lipinski definition) is 3. The van der Waals surface area contributed by atoms with Crippen LogP contribution in [0.3, 0.4) is 0 Å². The number of aryl methyl sites for hydroxylation is 1. The van der Waals surface area contributed by atoms with E-state index in [0.717, 1.165) is 30.5 Å². The van der Waals surface area contributed by atoms with Gasteiger partial charge in [-0.05, 0) is 19.3 Å². The first-order valence-electron chi connectivity index (χ1n) is 4.95. The molecule has 0 aromatic carbocycles. The summed E-state index contributed by atoms with van der Waals surface area (Å²) in [4.78, 5) is 0. The van der Waals surface area contributed by atoms with Gasteiger partial charge in [0.15, 0.2) is 0 Å². The quantitative estimate of drug-likeness (QED) is 0.795. The van der Waals surface area contributed by atoms with Gasteiger partial charge in [-0.3, -0.25) is 4.68 Å². The van der Waals surface area contributed by atoms with Crippen molar-refractivity contribution in [2.75, 3.05) is 6.26 Å². The standard InChI is InChI=1S/C9H15N3O2S/c1-12-9-5-3-4-8(7(9)6-10-12)11-15(2,13)14/h6,8,11H,3-5H2,1-2H3. The van der Waals surface area contributed by atoms with Crippen LogP contribution in [0.2, 0.25) is 0 Å². The molecule has 5 nitrogen and oxygen atoms in total. The van der Waals surface area contributed by atoms with E-state index >= 15 is 0 Å². The molecule has 0 saturated carbocycles. The fourth-order valence-electron chi connectivity index (χ4n) is 2.09. The predicted molar refractivity (Wildman–Crippen MR) is 56.9 cm³/mol. The van der Waals surface area contributed by atoms with E-state index < -0.39 is 10.0 Å². The van der Waals surface area contributed by atoms with E-state index in [2.05, 4.69) is 9.82 Å². The van der Waals surface area contributed by atoms with Gasteiger partial charge in [0.1, 0.15) is 0 Å². The van der Waals surface area contributed by atoms with Gasteiger partial charge < -0.3 is 0 Å². The van der Waals surface area contributed by atoms with Gasteiger partial charge in [-0.15, -0.1) is 0 Å². The van der Waals surface area contributed by atoms with Crippen LogP contribution < -0.4 is 4.72 Å². The van der Waals surface area contributed by atoms with Gasteiger partial charge in [0.2, 0.25) is 10.0 Å². The minimum absolute atomic E-state index is 0.0996. The molecule has 0 aliphatic heterocycles. The summed E-state index contributed by atoms with van der Waals surface area (Å²) >= 11 is 0. The Morgan fingerprint density at radius 1 is 1.60 bits per heavy atom. The molecule has 84 valence electrons. The first-order chi connectivity index (χ1) is 6.97. The molecular formula is C9H15N3O2S. The van der Waals surface area contributed by atoms with E-state index in [1.807, 2.05) is 11.7 Å². The molecule has 0 radical (unpaired) electrons. The molecular weight excluding hydrogens is 214 g/mol. The Bertz CT molecular complexity index is 464. The van der Waals surface area contributed by atoms with Crippen LogP contribution in [0.15, 0.2) is 6.20 Å². The van der Waals surface area contributed by atoms with Crippen molar-refractivity contribution in [3.63, 3.8) is 0 Å². The van der Waals surface area contributed by atoms with Crippen molar-refractivity contribution in [1.82, 2.24) is 14.5 Å². The molecule has 2 rings (SSSR count). The highest BCUT2D eigenvalue weighted by Crippen LogP contribution is 2.29. The molecule has 1 atom stereocenters. The maximum Gasteiger partial charge on any atom is 0.209 e. The molecule has 1 aromatic rings. The van der Waals surface area contributed by atoms with E-state index in [9.17, 15) is 8.42 Å². The summed E-state index contributed by atoms with van der Waals surface area (Å²) in [5, 5.41) is 4.16. The van der Waals surface area contributed by atoms with Crippen molar-refractivity contribution in [3.05, 3.63) is 17.5 Å². The Labute approximate surface area is 89.5 Å². The minimum atomic E-state index is -3.14. The maximum atomic E-state index is 11.2. The van der Waals surface area contributed by atoms with Gasteiger partial charge >= 0.3 is 0 Å². The molecule has 1 aliphatic rings. The molecule has 15 heavy (non-hydrogen) atoms. The smallest absolute Gasteiger partial charge is 0.209 e. The van der Waals surface area contributed by atoms with Gasteiger partial charge in [-0.1, -0.05) is 0 Å². The predicted octanol–water partition coefficient (Wildman–Crippen LogP) is 0.347. The first-order valence-corrected chi connectivity index (χ1v) is 6.84. The van der Waals surface area contributed by atoms with Crippen molar-refractivity contribution in [3.8, 4) is 0 Å². The molecule has 0 saturated heterocycles. The van der Waals surface area contributed by atoms with E-state index in [1.54, 1.807) is 6.20 Å². The zero-order chi connectivity index (χ0) is 11.1. The van der Waals surface area contributed by atoms with Crippen molar-refractivity contribution >= 4 is 10.0 Å². The third-order valence-electron chi connectivity index (χ3n) is 2.73. The highest BCUT2D eigenvalue weighted by Gasteiger charge is 2.25. The SMILES string of the molecule is Cn1ncc2c1CCCC2NS(C)(=O)=O. The number of rotatable bonds is 2. The van der Waals surface area contributed by atoms with Gasteiger partial charge in [-0.2, -0.15) is 5.10 Å². The third kappa shape index (κ3) is 2.21. The number of hydrogen-bond donors (Lipinski definition) is 1. The Morgan fingerprint density at radius 2 is 2.33 bits per heavy atom. The van der Waals surface area contributed by atoms with Crippen LogP contribution in [-0.4, -0.2) is 24.5 Å². The van der Waals surface area contributed by atoms with Gasteiger partial charge in [0.05, 0.1) is 18.5 Å². The second-order valence-electron chi connectivity index (χ2n) is 4.01. The number of fused-ring (bicyclic) bond motifs is 1. The summed E-state index contributed by atoms with van der Waals surface area (Å²) in [5.74, 6) is 0. The van der Waals surface area contributed by atoms with Gasteiger partial charge in [-0.25, -0.2) is 13.1 Å². The summed E-state index contributed by atoms with van der Waals surface area (Å²) in [6.45, 7) is 0. The van der Waals surface area contributed by atoms with E-state index in [1.165, 1.54) is 6.26 Å². The Kier molecular flexibility index (Phi) is 2.56. The molecule has 0 fully saturated rings. The van der Waals surface area contributed by atoms with Crippen LogP contribution in [0.1, 0.15) is 30.1 Å². The molecule has 0 spiro atoms. The Morgan fingerprint density at radius 3 is 3.00 bits per heavy atom. The van der Waals surface area contributed by atoms with Crippen LogP contribution in [0.25, 0.3) is 0 Å². The largest absolute Gasteiger partial charge is 0.272 e. The lowest BCUT2D eigenvalue weighted by Gasteiger charge is -2.22. The Hall–Kier alpha value is -0.880. The fourth-order valence-corrected chi connectivity index (χ4v) is 2.85. The van der Waals surface area contributed by atoms with Crippen LogP contribution in [0.5, 0.6) is 0 Å². The van der Waals surface area contributed by atoms with Crippen LogP contribution in [0.4, 0.5) is 0 Å². The monoisotopic (exact) mass is 229 g/mol. The maximum absolute atomic E-state index is 11.2. The molecule has 1 heterocycles. The van der Waals surface area contributed by atoms with E-state index in [4.69, 9.17) is 0 Å². The fraction of sp³-hybridized carbons (Fsp3) is 0.667. The van der Waals surface area contributed by atoms with Gasteiger partial charge in [0, 0.05) is 18.3 Å². The summed E-state index contributed by atoms with van der Waals surface area (Å²) < 4.78 is 26.8. The third-order valence-corrected chi connectivity index (χ3v) is 3.44. The molecule has 0 bridgehead atoms. The first kappa shape index (κ1) is 10.6. The van der Waals surface area contributed by atoms with Crippen molar-refractivity contribution in [2.24, 2.45) is 7.05 Å². The topological polar surface area (TPSA) is 64.0 Å². The molecule has 1 aromatic heterocycles. The lowest BCUT2D eigenvalue weighted by atomic mass is 9.94. The average molecular weight is 229 g/mol. The molecule has 0 amide bonds. The van der Waals surface area contributed by atoms with Gasteiger partial charge in [0.25, 0.3) is 0 Å². The van der Waals surface area contributed by atoms with E-state index in [0.29, 0.717) is 0 Å². The van der Waals surface area contributed by atoms with Crippen molar-refractivity contribution in [1.29, 1.82) is 0 Å². The molecule has 1 N–H and O–H groups in total. The highest BCUT2D eigenvalue weighted by molar-refractivity contribution is 7.88. The number of aromatic nitrogens is 2. The van der Waals surface area contributed by atoms with Crippen molar-refractivity contribution in [2.45, 2.75) is 25.3 Å². The Balaban J connectivity index is 2.30. The number of nitrogens with one attached hydrogen (secondary N) is 1. The van der Waals surface area contributed by atoms with E-state index in [-0.39, 0.29) is 6.04 Å². The second-order valence-corrected chi connectivity index (χ2v) is 5.79.